The van der Waals surface area contributed by atoms with Gasteiger partial charge in [-0.2, -0.15) is 0 Å². The van der Waals surface area contributed by atoms with Crippen molar-refractivity contribution in [3.8, 4) is 11.8 Å². The summed E-state index contributed by atoms with van der Waals surface area (Å²) in [6, 6.07) is 0. The minimum Gasteiger partial charge on any atom is -0.460 e. The monoisotopic (exact) mass is 454 g/mol. The smallest absolute Gasteiger partial charge is 0.308 e. The Labute approximate surface area is 193 Å². The van der Waals surface area contributed by atoms with Crippen LogP contribution >= 0.6 is 0 Å². The van der Waals surface area contributed by atoms with Gasteiger partial charge in [-0.05, 0) is 51.4 Å². The Morgan fingerprint density at radius 2 is 1.16 bits per heavy atom. The van der Waals surface area contributed by atoms with Crippen LogP contribution in [0.1, 0.15) is 52.9 Å². The molecule has 32 heavy (non-hydrogen) atoms. The molecule has 0 spiro atoms. The maximum absolute atomic E-state index is 11.5. The minimum absolute atomic E-state index is 0.248. The molecule has 1 saturated carbocycles. The first-order chi connectivity index (χ1) is 15.5. The largest absolute Gasteiger partial charge is 0.460 e. The summed E-state index contributed by atoms with van der Waals surface area (Å²) in [5.41, 5.74) is -0.455. The third-order valence-corrected chi connectivity index (χ3v) is 5.51. The molecule has 2 aliphatic rings. The number of carbonyl (C=O) groups is 1. The van der Waals surface area contributed by atoms with E-state index in [1.165, 1.54) is 12.8 Å². The van der Waals surface area contributed by atoms with E-state index in [0.717, 1.165) is 37.2 Å². The van der Waals surface area contributed by atoms with Crippen LogP contribution in [0.4, 0.5) is 0 Å². The van der Waals surface area contributed by atoms with Crippen molar-refractivity contribution in [2.24, 2.45) is 17.8 Å². The van der Waals surface area contributed by atoms with Crippen molar-refractivity contribution < 1.29 is 33.2 Å². The zero-order valence-electron chi connectivity index (χ0n) is 20.2. The average Bonchev–Trinajstić information content (AvgIpc) is 3.35. The molecule has 7 nitrogen and oxygen atoms in total. The lowest BCUT2D eigenvalue weighted by Gasteiger charge is -2.19. The molecule has 0 heterocycles. The third-order valence-electron chi connectivity index (χ3n) is 5.51. The zero-order valence-corrected chi connectivity index (χ0v) is 20.2. The van der Waals surface area contributed by atoms with Gasteiger partial charge in [0.05, 0.1) is 72.5 Å². The van der Waals surface area contributed by atoms with Gasteiger partial charge in [-0.1, -0.05) is 0 Å². The van der Waals surface area contributed by atoms with Crippen LogP contribution in [-0.2, 0) is 33.2 Å². The van der Waals surface area contributed by atoms with Crippen molar-refractivity contribution in [3.05, 3.63) is 0 Å². The zero-order chi connectivity index (χ0) is 23.1. The summed E-state index contributed by atoms with van der Waals surface area (Å²) in [6.45, 7) is 11.0. The number of hydrogen-bond donors (Lipinski definition) is 0. The summed E-state index contributed by atoms with van der Waals surface area (Å²) >= 11 is 0. The Morgan fingerprint density at radius 1 is 0.719 bits per heavy atom. The van der Waals surface area contributed by atoms with Gasteiger partial charge in [-0.3, -0.25) is 4.79 Å². The minimum atomic E-state index is -0.455. The number of carbonyl (C=O) groups excluding carboxylic acids is 1. The molecule has 2 aliphatic carbocycles. The fourth-order valence-electron chi connectivity index (χ4n) is 3.93. The van der Waals surface area contributed by atoms with E-state index in [1.807, 2.05) is 20.8 Å². The average molecular weight is 455 g/mol. The Balaban J connectivity index is 1.25. The molecule has 184 valence electrons. The summed E-state index contributed by atoms with van der Waals surface area (Å²) in [5, 5.41) is 0. The van der Waals surface area contributed by atoms with Gasteiger partial charge in [0.15, 0.2) is 0 Å². The van der Waals surface area contributed by atoms with Gasteiger partial charge < -0.3 is 28.4 Å². The highest BCUT2D eigenvalue weighted by atomic mass is 16.6. The normalized spacial score (nSPS) is 22.3. The number of esters is 1. The number of ether oxygens (including phenoxy) is 6. The summed E-state index contributed by atoms with van der Waals surface area (Å²) in [7, 11) is 0. The second-order valence-electron chi connectivity index (χ2n) is 9.28. The first-order valence-corrected chi connectivity index (χ1v) is 12.0. The molecule has 7 heteroatoms. The topological polar surface area (TPSA) is 72.5 Å². The molecule has 0 aliphatic heterocycles. The van der Waals surface area contributed by atoms with Crippen LogP contribution in [0.15, 0.2) is 0 Å². The molecule has 0 N–H and O–H groups in total. The van der Waals surface area contributed by atoms with E-state index in [4.69, 9.17) is 28.4 Å². The van der Waals surface area contributed by atoms with Gasteiger partial charge in [-0.25, -0.2) is 0 Å². The first-order valence-electron chi connectivity index (χ1n) is 12.0. The molecule has 0 aromatic heterocycles. The van der Waals surface area contributed by atoms with Gasteiger partial charge in [0.25, 0.3) is 0 Å². The molecule has 0 aromatic rings. The van der Waals surface area contributed by atoms with E-state index in [9.17, 15) is 4.79 Å². The lowest BCUT2D eigenvalue weighted by atomic mass is 10.1. The van der Waals surface area contributed by atoms with Crippen molar-refractivity contribution in [1.29, 1.82) is 0 Å². The lowest BCUT2D eigenvalue weighted by Crippen LogP contribution is -2.24. The summed E-state index contributed by atoms with van der Waals surface area (Å²) in [5.74, 6) is 8.65. The number of hydrogen-bond acceptors (Lipinski definition) is 7. The van der Waals surface area contributed by atoms with Gasteiger partial charge >= 0.3 is 5.97 Å². The van der Waals surface area contributed by atoms with E-state index < -0.39 is 5.60 Å². The highest BCUT2D eigenvalue weighted by Crippen LogP contribution is 2.52. The van der Waals surface area contributed by atoms with Crippen molar-refractivity contribution in [2.75, 3.05) is 66.1 Å². The fraction of sp³-hybridized carbons (Fsp3) is 0.880. The Kier molecular flexibility index (Phi) is 13.2. The summed E-state index contributed by atoms with van der Waals surface area (Å²) in [4.78, 5) is 11.5. The molecule has 0 aromatic carbocycles. The predicted molar refractivity (Wildman–Crippen MR) is 121 cm³/mol. The van der Waals surface area contributed by atoms with E-state index in [2.05, 4.69) is 11.8 Å². The fourth-order valence-corrected chi connectivity index (χ4v) is 3.93. The maximum Gasteiger partial charge on any atom is 0.308 e. The molecule has 2 rings (SSSR count). The second kappa shape index (κ2) is 15.6. The highest BCUT2D eigenvalue weighted by molar-refractivity contribution is 5.69. The molecule has 0 amide bonds. The van der Waals surface area contributed by atoms with Crippen molar-refractivity contribution in [3.63, 3.8) is 0 Å². The Bertz CT molecular complexity index is 557. The molecular formula is C25H42O7. The molecule has 0 radical (unpaired) electrons. The SMILES string of the molecule is CC(C)(C)OC(=O)CCOCCOCCOCCOCCOCC1C2CCC#CCCC21. The quantitative estimate of drug-likeness (QED) is 0.190. The first kappa shape index (κ1) is 27.1. The predicted octanol–water partition coefficient (Wildman–Crippen LogP) is 3.24. The Morgan fingerprint density at radius 3 is 1.62 bits per heavy atom. The van der Waals surface area contributed by atoms with Crippen LogP contribution in [0.5, 0.6) is 0 Å². The van der Waals surface area contributed by atoms with Crippen LogP contribution in [-0.4, -0.2) is 77.6 Å². The molecular weight excluding hydrogens is 412 g/mol. The van der Waals surface area contributed by atoms with Crippen molar-refractivity contribution >= 4 is 5.97 Å². The second-order valence-corrected chi connectivity index (χ2v) is 9.28. The van der Waals surface area contributed by atoms with Crippen molar-refractivity contribution in [2.45, 2.75) is 58.5 Å². The van der Waals surface area contributed by atoms with Crippen LogP contribution in [0.3, 0.4) is 0 Å². The van der Waals surface area contributed by atoms with Crippen LogP contribution in [0, 0.1) is 29.6 Å². The molecule has 0 bridgehead atoms. The van der Waals surface area contributed by atoms with E-state index >= 15 is 0 Å². The third kappa shape index (κ3) is 12.8. The highest BCUT2D eigenvalue weighted by Gasteiger charge is 2.48. The van der Waals surface area contributed by atoms with Crippen LogP contribution in [0.25, 0.3) is 0 Å². The van der Waals surface area contributed by atoms with Gasteiger partial charge in [0.1, 0.15) is 5.60 Å². The summed E-state index contributed by atoms with van der Waals surface area (Å²) < 4.78 is 32.8. The lowest BCUT2D eigenvalue weighted by molar-refractivity contribution is -0.156. The number of fused-ring (bicyclic) bond motifs is 1. The Hall–Kier alpha value is -1.17. The van der Waals surface area contributed by atoms with Gasteiger partial charge in [0, 0.05) is 12.8 Å². The molecule has 1 fully saturated rings. The van der Waals surface area contributed by atoms with Crippen LogP contribution in [0.2, 0.25) is 0 Å². The molecule has 0 saturated heterocycles. The maximum atomic E-state index is 11.5. The van der Waals surface area contributed by atoms with E-state index in [1.54, 1.807) is 0 Å². The van der Waals surface area contributed by atoms with Crippen LogP contribution < -0.4 is 0 Å². The van der Waals surface area contributed by atoms with Gasteiger partial charge in [0.2, 0.25) is 0 Å². The summed E-state index contributed by atoms with van der Waals surface area (Å²) in [6.07, 6.45) is 4.84. The van der Waals surface area contributed by atoms with E-state index in [-0.39, 0.29) is 12.4 Å². The standard InChI is InChI=1S/C25H42O7/c1-25(2,3)32-24(26)10-11-27-12-13-28-14-15-29-16-17-30-18-19-31-20-23-21-8-6-4-5-7-9-22(21)23/h21-23H,6-20H2,1-3H3. The van der Waals surface area contributed by atoms with Gasteiger partial charge in [-0.15, -0.1) is 11.8 Å². The van der Waals surface area contributed by atoms with Crippen molar-refractivity contribution in [1.82, 2.24) is 0 Å². The van der Waals surface area contributed by atoms with E-state index in [0.29, 0.717) is 59.5 Å². The number of rotatable bonds is 17. The molecule has 2 atom stereocenters. The molecule has 2 unspecified atom stereocenters.